The van der Waals surface area contributed by atoms with Crippen LogP contribution >= 0.6 is 0 Å². The molecule has 1 aromatic heterocycles. The van der Waals surface area contributed by atoms with Crippen molar-refractivity contribution >= 4 is 0 Å². The highest BCUT2D eigenvalue weighted by Gasteiger charge is 2.26. The topological polar surface area (TPSA) is 42.4 Å². The van der Waals surface area contributed by atoms with Gasteiger partial charge in [-0.25, -0.2) is 4.39 Å². The summed E-state index contributed by atoms with van der Waals surface area (Å²) in [5, 5.41) is 9.97. The van der Waals surface area contributed by atoms with E-state index in [1.54, 1.807) is 0 Å². The molecule has 3 nitrogen and oxygen atoms in total. The van der Waals surface area contributed by atoms with Gasteiger partial charge in [0.15, 0.2) is 0 Å². The molecule has 4 heteroatoms. The lowest BCUT2D eigenvalue weighted by Gasteiger charge is -2.26. The van der Waals surface area contributed by atoms with Crippen molar-refractivity contribution < 1.29 is 14.2 Å². The van der Waals surface area contributed by atoms with Gasteiger partial charge in [0.1, 0.15) is 17.6 Å². The van der Waals surface area contributed by atoms with Crippen molar-refractivity contribution in [2.24, 2.45) is 5.92 Å². The van der Waals surface area contributed by atoms with Crippen LogP contribution in [0.15, 0.2) is 18.3 Å². The van der Waals surface area contributed by atoms with Crippen LogP contribution in [-0.4, -0.2) is 23.3 Å². The van der Waals surface area contributed by atoms with Crippen molar-refractivity contribution in [3.8, 4) is 0 Å². The maximum atomic E-state index is 13.3. The molecule has 1 unspecified atom stereocenters. The van der Waals surface area contributed by atoms with Crippen molar-refractivity contribution in [3.05, 3.63) is 29.8 Å². The molecule has 0 spiro atoms. The molecular formula is C11H14FNO2. The van der Waals surface area contributed by atoms with Crippen LogP contribution in [0.25, 0.3) is 0 Å². The molecule has 0 aliphatic carbocycles. The first-order valence-electron chi connectivity index (χ1n) is 5.15. The fraction of sp³-hybridized carbons (Fsp3) is 0.545. The van der Waals surface area contributed by atoms with E-state index in [1.165, 1.54) is 18.3 Å². The van der Waals surface area contributed by atoms with E-state index >= 15 is 0 Å². The maximum absolute atomic E-state index is 13.3. The number of pyridine rings is 1. The zero-order chi connectivity index (χ0) is 10.7. The Hall–Kier alpha value is -1.00. The molecule has 2 heterocycles. The molecule has 1 saturated heterocycles. The van der Waals surface area contributed by atoms with Crippen LogP contribution in [0.2, 0.25) is 0 Å². The van der Waals surface area contributed by atoms with Crippen LogP contribution in [0.5, 0.6) is 0 Å². The van der Waals surface area contributed by atoms with Gasteiger partial charge in [-0.3, -0.25) is 4.98 Å². The summed E-state index contributed by atoms with van der Waals surface area (Å²) in [6, 6.07) is 2.85. The first-order valence-corrected chi connectivity index (χ1v) is 5.15. The third-order valence-electron chi connectivity index (χ3n) is 2.78. The number of hydrogen-bond acceptors (Lipinski definition) is 3. The lowest BCUT2D eigenvalue weighted by atomic mass is 9.91. The highest BCUT2D eigenvalue weighted by molar-refractivity contribution is 5.10. The summed E-state index contributed by atoms with van der Waals surface area (Å²) >= 11 is 0. The first kappa shape index (κ1) is 10.5. The fourth-order valence-corrected chi connectivity index (χ4v) is 1.87. The van der Waals surface area contributed by atoms with Gasteiger partial charge in [0, 0.05) is 19.4 Å². The highest BCUT2D eigenvalue weighted by Crippen LogP contribution is 2.29. The lowest BCUT2D eigenvalue weighted by molar-refractivity contribution is 0.00415. The average molecular weight is 211 g/mol. The normalized spacial score (nSPS) is 20.1. The minimum atomic E-state index is -0.810. The molecule has 0 aromatic carbocycles. The summed E-state index contributed by atoms with van der Waals surface area (Å²) in [5.74, 6) is -0.375. The first-order chi connectivity index (χ1) is 7.29. The van der Waals surface area contributed by atoms with Gasteiger partial charge in [-0.15, -0.1) is 0 Å². The number of hydrogen-bond donors (Lipinski definition) is 1. The van der Waals surface area contributed by atoms with Gasteiger partial charge in [0.25, 0.3) is 0 Å². The van der Waals surface area contributed by atoms with E-state index in [9.17, 15) is 9.50 Å². The summed E-state index contributed by atoms with van der Waals surface area (Å²) in [6.45, 7) is 1.27. The summed E-state index contributed by atoms with van der Waals surface area (Å²) in [5.41, 5.74) is 0.157. The summed E-state index contributed by atoms with van der Waals surface area (Å²) in [6.07, 6.45) is 2.21. The molecule has 15 heavy (non-hydrogen) atoms. The minimum Gasteiger partial charge on any atom is -0.386 e. The monoisotopic (exact) mass is 211 g/mol. The van der Waals surface area contributed by atoms with E-state index in [2.05, 4.69) is 4.98 Å². The van der Waals surface area contributed by atoms with Gasteiger partial charge >= 0.3 is 0 Å². The largest absolute Gasteiger partial charge is 0.386 e. The van der Waals surface area contributed by atoms with Crippen molar-refractivity contribution in [1.82, 2.24) is 4.98 Å². The predicted molar refractivity (Wildman–Crippen MR) is 52.7 cm³/mol. The average Bonchev–Trinajstić information content (AvgIpc) is 2.30. The highest BCUT2D eigenvalue weighted by atomic mass is 19.1. The predicted octanol–water partition coefficient (Wildman–Crippen LogP) is 1.68. The Morgan fingerprint density at radius 1 is 1.47 bits per heavy atom. The molecule has 0 bridgehead atoms. The molecule has 0 radical (unpaired) electrons. The van der Waals surface area contributed by atoms with Crippen molar-refractivity contribution in [2.75, 3.05) is 13.2 Å². The Balaban J connectivity index is 2.12. The minimum absolute atomic E-state index is 0.0585. The van der Waals surface area contributed by atoms with Crippen LogP contribution in [0.3, 0.4) is 0 Å². The Labute approximate surface area is 87.9 Å². The Morgan fingerprint density at radius 2 is 2.20 bits per heavy atom. The fourth-order valence-electron chi connectivity index (χ4n) is 1.87. The molecule has 0 saturated carbocycles. The Bertz CT molecular complexity index is 326. The molecule has 1 aliphatic rings. The van der Waals surface area contributed by atoms with E-state index in [1.807, 2.05) is 0 Å². The third-order valence-corrected chi connectivity index (χ3v) is 2.78. The van der Waals surface area contributed by atoms with Gasteiger partial charge < -0.3 is 9.84 Å². The van der Waals surface area contributed by atoms with E-state index in [0.717, 1.165) is 12.8 Å². The molecule has 1 N–H and O–H groups in total. The van der Waals surface area contributed by atoms with Crippen LogP contribution in [0.4, 0.5) is 4.39 Å². The van der Waals surface area contributed by atoms with E-state index < -0.39 is 11.9 Å². The summed E-state index contributed by atoms with van der Waals surface area (Å²) in [4.78, 5) is 3.89. The van der Waals surface area contributed by atoms with E-state index in [-0.39, 0.29) is 11.6 Å². The summed E-state index contributed by atoms with van der Waals surface area (Å²) < 4.78 is 18.5. The molecule has 0 amide bonds. The van der Waals surface area contributed by atoms with Gasteiger partial charge in [-0.1, -0.05) is 0 Å². The lowest BCUT2D eigenvalue weighted by Crippen LogP contribution is -2.23. The molecule has 1 fully saturated rings. The van der Waals surface area contributed by atoms with Crippen LogP contribution < -0.4 is 0 Å². The number of ether oxygens (including phenoxy) is 1. The quantitative estimate of drug-likeness (QED) is 0.809. The Morgan fingerprint density at radius 3 is 2.87 bits per heavy atom. The van der Waals surface area contributed by atoms with Gasteiger partial charge in [-0.2, -0.15) is 0 Å². The van der Waals surface area contributed by atoms with Crippen LogP contribution in [0, 0.1) is 11.7 Å². The number of nitrogens with zero attached hydrogens (tertiary/aromatic N) is 1. The second-order valence-electron chi connectivity index (χ2n) is 3.77. The van der Waals surface area contributed by atoms with Crippen LogP contribution in [-0.2, 0) is 4.74 Å². The standard InChI is InChI=1S/C11H14FNO2/c12-9-2-1-5-13-10(9)11(14)8-3-6-15-7-4-8/h1-2,5,8,11,14H,3-4,6-7H2. The zero-order valence-electron chi connectivity index (χ0n) is 8.40. The van der Waals surface area contributed by atoms with Crippen molar-refractivity contribution in [2.45, 2.75) is 18.9 Å². The number of aromatic nitrogens is 1. The zero-order valence-corrected chi connectivity index (χ0v) is 8.40. The van der Waals surface area contributed by atoms with Gasteiger partial charge in [0.05, 0.1) is 0 Å². The Kier molecular flexibility index (Phi) is 3.28. The van der Waals surface area contributed by atoms with Gasteiger partial charge in [0.2, 0.25) is 0 Å². The molecule has 2 rings (SSSR count). The molecule has 1 aliphatic heterocycles. The number of halogens is 1. The molecule has 82 valence electrons. The van der Waals surface area contributed by atoms with E-state index in [4.69, 9.17) is 4.74 Å². The summed E-state index contributed by atoms with van der Waals surface area (Å²) in [7, 11) is 0. The van der Waals surface area contributed by atoms with E-state index in [0.29, 0.717) is 13.2 Å². The SMILES string of the molecule is OC(c1ncccc1F)C1CCOCC1. The van der Waals surface area contributed by atoms with Crippen molar-refractivity contribution in [3.63, 3.8) is 0 Å². The second kappa shape index (κ2) is 4.68. The number of aliphatic hydroxyl groups is 1. The number of aliphatic hydroxyl groups excluding tert-OH is 1. The number of rotatable bonds is 2. The molecule has 1 atom stereocenters. The second-order valence-corrected chi connectivity index (χ2v) is 3.77. The smallest absolute Gasteiger partial charge is 0.147 e. The van der Waals surface area contributed by atoms with Crippen molar-refractivity contribution in [1.29, 1.82) is 0 Å². The van der Waals surface area contributed by atoms with Crippen LogP contribution in [0.1, 0.15) is 24.6 Å². The molecule has 1 aromatic rings. The maximum Gasteiger partial charge on any atom is 0.147 e. The molecular weight excluding hydrogens is 197 g/mol. The third kappa shape index (κ3) is 2.33. The van der Waals surface area contributed by atoms with Gasteiger partial charge in [-0.05, 0) is 30.9 Å².